The summed E-state index contributed by atoms with van der Waals surface area (Å²) in [6, 6.07) is 6.87. The molecule has 0 bridgehead atoms. The number of aliphatic hydroxyl groups is 1. The second-order valence-corrected chi connectivity index (χ2v) is 3.77. The molecule has 2 N–H and O–H groups in total. The summed E-state index contributed by atoms with van der Waals surface area (Å²) in [6.45, 7) is 0. The molecule has 0 aromatic heterocycles. The predicted molar refractivity (Wildman–Crippen MR) is 59.9 cm³/mol. The smallest absolute Gasteiger partial charge is 0.225 e. The standard InChI is InChI=1S/C12H10O3.Al/c13-10-6-2-1-5-9(10)11-7-3-4-8-12(11,14)15-11;/h1-8,13-14H;. The van der Waals surface area contributed by atoms with Gasteiger partial charge in [0.25, 0.3) is 0 Å². The van der Waals surface area contributed by atoms with Gasteiger partial charge >= 0.3 is 0 Å². The van der Waals surface area contributed by atoms with Crippen LogP contribution < -0.4 is 0 Å². The normalized spacial score (nSPS) is 34.1. The van der Waals surface area contributed by atoms with E-state index in [1.165, 1.54) is 0 Å². The molecule has 3 nitrogen and oxygen atoms in total. The summed E-state index contributed by atoms with van der Waals surface area (Å²) < 4.78 is 5.34. The van der Waals surface area contributed by atoms with E-state index < -0.39 is 11.4 Å². The molecule has 16 heavy (non-hydrogen) atoms. The molecule has 1 aliphatic carbocycles. The van der Waals surface area contributed by atoms with Crippen LogP contribution >= 0.6 is 0 Å². The first-order valence-corrected chi connectivity index (χ1v) is 4.76. The van der Waals surface area contributed by atoms with Crippen LogP contribution in [0.3, 0.4) is 0 Å². The van der Waals surface area contributed by atoms with Crippen LogP contribution in [0.2, 0.25) is 0 Å². The summed E-state index contributed by atoms with van der Waals surface area (Å²) in [5.74, 6) is -1.16. The number of ether oxygens (including phenoxy) is 1. The minimum absolute atomic E-state index is 0. The molecule has 1 aliphatic heterocycles. The maximum Gasteiger partial charge on any atom is 0.225 e. The minimum Gasteiger partial charge on any atom is -0.508 e. The van der Waals surface area contributed by atoms with Crippen molar-refractivity contribution < 1.29 is 14.9 Å². The fraction of sp³-hybridized carbons (Fsp3) is 0.167. The molecule has 0 amide bonds. The number of fused-ring (bicyclic) bond motifs is 1. The van der Waals surface area contributed by atoms with Crippen LogP contribution in [0, 0.1) is 0 Å². The summed E-state index contributed by atoms with van der Waals surface area (Å²) >= 11 is 0. The van der Waals surface area contributed by atoms with Crippen LogP contribution in [-0.4, -0.2) is 33.4 Å². The van der Waals surface area contributed by atoms with Gasteiger partial charge in [-0.3, -0.25) is 0 Å². The Morgan fingerprint density at radius 3 is 2.44 bits per heavy atom. The van der Waals surface area contributed by atoms with E-state index in [0.29, 0.717) is 5.56 Å². The van der Waals surface area contributed by atoms with Gasteiger partial charge < -0.3 is 14.9 Å². The fourth-order valence-corrected chi connectivity index (χ4v) is 2.03. The van der Waals surface area contributed by atoms with Crippen LogP contribution in [0.1, 0.15) is 5.56 Å². The average molecular weight is 229 g/mol. The van der Waals surface area contributed by atoms with Gasteiger partial charge in [-0.25, -0.2) is 0 Å². The molecule has 1 saturated heterocycles. The number of epoxide rings is 1. The number of allylic oxidation sites excluding steroid dienone is 2. The van der Waals surface area contributed by atoms with E-state index >= 15 is 0 Å². The molecular weight excluding hydrogens is 219 g/mol. The number of para-hydroxylation sites is 1. The van der Waals surface area contributed by atoms with Crippen LogP contribution in [0.5, 0.6) is 5.75 Å². The molecule has 1 aromatic rings. The number of rotatable bonds is 1. The van der Waals surface area contributed by atoms with Crippen molar-refractivity contribution in [3.05, 3.63) is 54.1 Å². The topological polar surface area (TPSA) is 53.0 Å². The number of benzene rings is 1. The number of hydrogen-bond acceptors (Lipinski definition) is 3. The molecule has 79 valence electrons. The van der Waals surface area contributed by atoms with E-state index in [0.717, 1.165) is 0 Å². The zero-order valence-corrected chi connectivity index (χ0v) is 9.65. The van der Waals surface area contributed by atoms with Gasteiger partial charge in [0.2, 0.25) is 5.79 Å². The lowest BCUT2D eigenvalue weighted by Gasteiger charge is -2.13. The highest BCUT2D eigenvalue weighted by molar-refractivity contribution is 5.75. The maximum absolute atomic E-state index is 10.0. The molecule has 0 spiro atoms. The lowest BCUT2D eigenvalue weighted by atomic mass is 9.89. The van der Waals surface area contributed by atoms with E-state index in [1.54, 1.807) is 48.6 Å². The highest BCUT2D eigenvalue weighted by atomic mass is 27.0. The van der Waals surface area contributed by atoms with E-state index in [-0.39, 0.29) is 23.1 Å². The first-order chi connectivity index (χ1) is 7.18. The van der Waals surface area contributed by atoms with Crippen molar-refractivity contribution in [3.63, 3.8) is 0 Å². The molecule has 2 atom stereocenters. The fourth-order valence-electron chi connectivity index (χ4n) is 2.03. The Morgan fingerprint density at radius 2 is 1.75 bits per heavy atom. The summed E-state index contributed by atoms with van der Waals surface area (Å²) in [4.78, 5) is 0. The van der Waals surface area contributed by atoms with Crippen molar-refractivity contribution in [2.24, 2.45) is 0 Å². The lowest BCUT2D eigenvalue weighted by molar-refractivity contribution is 0.0825. The van der Waals surface area contributed by atoms with Gasteiger partial charge in [0.15, 0.2) is 5.60 Å². The maximum atomic E-state index is 10.0. The third-order valence-corrected chi connectivity index (χ3v) is 2.88. The highest BCUT2D eigenvalue weighted by Crippen LogP contribution is 2.59. The number of hydrogen-bond donors (Lipinski definition) is 2. The third-order valence-electron chi connectivity index (χ3n) is 2.88. The third kappa shape index (κ3) is 1.28. The van der Waals surface area contributed by atoms with Crippen LogP contribution in [-0.2, 0) is 10.3 Å². The molecule has 1 aromatic carbocycles. The molecule has 3 radical (unpaired) electrons. The summed E-state index contributed by atoms with van der Waals surface area (Å²) in [5, 5.41) is 19.7. The van der Waals surface area contributed by atoms with Gasteiger partial charge in [-0.2, -0.15) is 0 Å². The second-order valence-electron chi connectivity index (χ2n) is 3.77. The van der Waals surface area contributed by atoms with Crippen LogP contribution in [0.4, 0.5) is 0 Å². The van der Waals surface area contributed by atoms with Gasteiger partial charge in [-0.1, -0.05) is 30.4 Å². The van der Waals surface area contributed by atoms with Crippen LogP contribution in [0.15, 0.2) is 48.6 Å². The van der Waals surface area contributed by atoms with E-state index in [9.17, 15) is 10.2 Å². The SMILES string of the molecule is Oc1ccccc1C12C=CC=CC1(O)O2.[Al]. The van der Waals surface area contributed by atoms with Crippen molar-refractivity contribution in [1.29, 1.82) is 0 Å². The minimum atomic E-state index is -1.29. The zero-order chi connectivity index (χ0) is 10.5. The first kappa shape index (κ1) is 11.4. The molecule has 3 rings (SSSR count). The van der Waals surface area contributed by atoms with Crippen molar-refractivity contribution in [2.75, 3.05) is 0 Å². The van der Waals surface area contributed by atoms with Crippen molar-refractivity contribution in [1.82, 2.24) is 0 Å². The molecular formula is C12H10AlO3. The molecule has 1 heterocycles. The summed E-state index contributed by atoms with van der Waals surface area (Å²) in [5.41, 5.74) is -0.305. The molecule has 2 aliphatic rings. The summed E-state index contributed by atoms with van der Waals surface area (Å²) in [7, 11) is 0. The number of aromatic hydroxyl groups is 1. The van der Waals surface area contributed by atoms with Gasteiger partial charge in [0.05, 0.1) is 0 Å². The Balaban J connectivity index is 0.000000963. The number of phenolic OH excluding ortho intramolecular Hbond substituents is 1. The first-order valence-electron chi connectivity index (χ1n) is 4.76. The van der Waals surface area contributed by atoms with E-state index in [2.05, 4.69) is 0 Å². The second kappa shape index (κ2) is 3.48. The van der Waals surface area contributed by atoms with Gasteiger partial charge in [0.1, 0.15) is 5.75 Å². The Morgan fingerprint density at radius 1 is 1.06 bits per heavy atom. The molecule has 0 saturated carbocycles. The monoisotopic (exact) mass is 229 g/mol. The van der Waals surface area contributed by atoms with E-state index in [4.69, 9.17) is 4.74 Å². The highest BCUT2D eigenvalue weighted by Gasteiger charge is 2.69. The molecule has 4 heteroatoms. The van der Waals surface area contributed by atoms with Crippen molar-refractivity contribution in [2.45, 2.75) is 11.4 Å². The Hall–Kier alpha value is -1.05. The van der Waals surface area contributed by atoms with Gasteiger partial charge in [-0.15, -0.1) is 0 Å². The number of phenols is 1. The average Bonchev–Trinajstić information content (AvgIpc) is 2.86. The summed E-state index contributed by atoms with van der Waals surface area (Å²) in [6.07, 6.45) is 6.86. The molecule has 1 fully saturated rings. The predicted octanol–water partition coefficient (Wildman–Crippen LogP) is 1.05. The Kier molecular flexibility index (Phi) is 2.48. The zero-order valence-electron chi connectivity index (χ0n) is 8.50. The van der Waals surface area contributed by atoms with Crippen molar-refractivity contribution >= 4 is 17.4 Å². The van der Waals surface area contributed by atoms with Gasteiger partial charge in [-0.05, 0) is 18.2 Å². The van der Waals surface area contributed by atoms with E-state index in [1.807, 2.05) is 0 Å². The van der Waals surface area contributed by atoms with Crippen molar-refractivity contribution in [3.8, 4) is 5.75 Å². The Bertz CT molecular complexity index is 483. The quantitative estimate of drug-likeness (QED) is 0.559. The Labute approximate surface area is 104 Å². The van der Waals surface area contributed by atoms with Gasteiger partial charge in [0, 0.05) is 22.9 Å². The largest absolute Gasteiger partial charge is 0.508 e. The lowest BCUT2D eigenvalue weighted by Crippen LogP contribution is -2.21. The molecule has 2 unspecified atom stereocenters. The van der Waals surface area contributed by atoms with Crippen LogP contribution in [0.25, 0.3) is 0 Å².